The van der Waals surface area contributed by atoms with Gasteiger partial charge in [0.05, 0.1) is 6.10 Å². The lowest BCUT2D eigenvalue weighted by Gasteiger charge is -2.65. The first-order valence-corrected chi connectivity index (χ1v) is 13.5. The van der Waals surface area contributed by atoms with Crippen molar-refractivity contribution in [3.63, 3.8) is 0 Å². The highest BCUT2D eigenvalue weighted by Gasteiger charge is 2.68. The number of ether oxygens (including phenoxy) is 3. The van der Waals surface area contributed by atoms with Crippen molar-refractivity contribution in [2.75, 3.05) is 13.9 Å². The molecule has 182 valence electrons. The van der Waals surface area contributed by atoms with Gasteiger partial charge >= 0.3 is 5.97 Å². The zero-order chi connectivity index (χ0) is 22.8. The molecular weight excluding hydrogens is 400 g/mol. The zero-order valence-electron chi connectivity index (χ0n) is 21.3. The number of carbonyl (C=O) groups is 1. The van der Waals surface area contributed by atoms with Gasteiger partial charge in [-0.2, -0.15) is 0 Å². The van der Waals surface area contributed by atoms with Gasteiger partial charge < -0.3 is 14.2 Å². The Bertz CT molecular complexity index is 722. The monoisotopic (exact) mass is 446 g/mol. The third kappa shape index (κ3) is 3.25. The predicted octanol–water partition coefficient (Wildman–Crippen LogP) is 6.08. The van der Waals surface area contributed by atoms with E-state index in [9.17, 15) is 4.79 Å². The Morgan fingerprint density at radius 2 is 1.78 bits per heavy atom. The number of hydrogen-bond donors (Lipinski definition) is 0. The molecule has 4 saturated carbocycles. The lowest BCUT2D eigenvalue weighted by molar-refractivity contribution is -0.232. The minimum Gasteiger partial charge on any atom is -0.462 e. The molecule has 1 saturated heterocycles. The first-order chi connectivity index (χ1) is 15.2. The largest absolute Gasteiger partial charge is 0.462 e. The molecule has 0 aromatic rings. The molecule has 0 aromatic carbocycles. The summed E-state index contributed by atoms with van der Waals surface area (Å²) in [7, 11) is 1.75. The molecule has 32 heavy (non-hydrogen) atoms. The summed E-state index contributed by atoms with van der Waals surface area (Å²) in [6.45, 7) is 12.7. The van der Waals surface area contributed by atoms with Crippen molar-refractivity contribution in [1.29, 1.82) is 0 Å². The second kappa shape index (κ2) is 8.26. The number of fused-ring (bicyclic) bond motifs is 7. The summed E-state index contributed by atoms with van der Waals surface area (Å²) >= 11 is 0. The summed E-state index contributed by atoms with van der Waals surface area (Å²) in [4.78, 5) is 12.3. The van der Waals surface area contributed by atoms with Gasteiger partial charge in [0.25, 0.3) is 0 Å². The molecule has 0 aromatic heterocycles. The van der Waals surface area contributed by atoms with Crippen LogP contribution in [0.25, 0.3) is 0 Å². The van der Waals surface area contributed by atoms with Crippen molar-refractivity contribution in [1.82, 2.24) is 0 Å². The van der Waals surface area contributed by atoms with E-state index in [-0.39, 0.29) is 23.6 Å². The Labute approximate surface area is 195 Å². The van der Waals surface area contributed by atoms with E-state index in [0.717, 1.165) is 18.3 Å². The van der Waals surface area contributed by atoms with Crippen molar-refractivity contribution in [2.24, 2.45) is 58.2 Å². The maximum Gasteiger partial charge on any atom is 0.306 e. The van der Waals surface area contributed by atoms with Crippen LogP contribution in [0.2, 0.25) is 0 Å². The minimum atomic E-state index is 0.0214. The van der Waals surface area contributed by atoms with Crippen molar-refractivity contribution >= 4 is 5.97 Å². The summed E-state index contributed by atoms with van der Waals surface area (Å²) in [6, 6.07) is 0. The predicted molar refractivity (Wildman–Crippen MR) is 125 cm³/mol. The highest BCUT2D eigenvalue weighted by atomic mass is 16.7. The Balaban J connectivity index is 1.55. The normalized spacial score (nSPS) is 54.8. The number of carbonyl (C=O) groups excluding carboxylic acids is 1. The maximum absolute atomic E-state index is 12.3. The zero-order valence-corrected chi connectivity index (χ0v) is 21.3. The molecule has 1 aliphatic heterocycles. The first kappa shape index (κ1) is 23.1. The topological polar surface area (TPSA) is 44.8 Å². The first-order valence-electron chi connectivity index (χ1n) is 13.5. The van der Waals surface area contributed by atoms with Crippen LogP contribution in [0.4, 0.5) is 0 Å². The van der Waals surface area contributed by atoms with Crippen LogP contribution in [0, 0.1) is 58.2 Å². The van der Waals surface area contributed by atoms with Crippen molar-refractivity contribution in [3.05, 3.63) is 0 Å². The van der Waals surface area contributed by atoms with Gasteiger partial charge in [-0.25, -0.2) is 0 Å². The highest BCUT2D eigenvalue weighted by molar-refractivity contribution is 5.71. The Hall–Kier alpha value is -0.610. The summed E-state index contributed by atoms with van der Waals surface area (Å²) in [5.41, 5.74) is 0.673. The Morgan fingerprint density at radius 3 is 2.50 bits per heavy atom. The van der Waals surface area contributed by atoms with E-state index >= 15 is 0 Å². The average molecular weight is 447 g/mol. The average Bonchev–Trinajstić information content (AvgIpc) is 3.04. The smallest absolute Gasteiger partial charge is 0.306 e. The van der Waals surface area contributed by atoms with Crippen LogP contribution < -0.4 is 0 Å². The van der Waals surface area contributed by atoms with Gasteiger partial charge in [-0.3, -0.25) is 4.79 Å². The minimum absolute atomic E-state index is 0.0214. The lowest BCUT2D eigenvalue weighted by atomic mass is 9.41. The number of esters is 1. The second-order valence-electron chi connectivity index (χ2n) is 12.9. The van der Waals surface area contributed by atoms with E-state index in [4.69, 9.17) is 14.2 Å². The number of hydrogen-bond acceptors (Lipinski definition) is 4. The van der Waals surface area contributed by atoms with Gasteiger partial charge in [-0.15, -0.1) is 0 Å². The van der Waals surface area contributed by atoms with Gasteiger partial charge in [0.15, 0.2) is 0 Å². The van der Waals surface area contributed by atoms with Crippen LogP contribution in [-0.4, -0.2) is 32.1 Å². The molecule has 5 aliphatic rings. The van der Waals surface area contributed by atoms with E-state index in [1.165, 1.54) is 38.5 Å². The quantitative estimate of drug-likeness (QED) is 0.388. The molecule has 0 amide bonds. The summed E-state index contributed by atoms with van der Waals surface area (Å²) in [6.07, 6.45) is 9.89. The van der Waals surface area contributed by atoms with Gasteiger partial charge in [-0.05, 0) is 84.4 Å². The van der Waals surface area contributed by atoms with Crippen LogP contribution in [0.5, 0.6) is 0 Å². The SMILES string of the molecule is CC[C@H]1[C@@H](OCOC)C2C3C[C@@H]4OC(=O)C[C@@H](C)[C@@H]4[C@@]3(C)CCC2[C@@]2(C)CC[C@@H](C)C[C@@H]12. The van der Waals surface area contributed by atoms with Crippen LogP contribution in [0.3, 0.4) is 0 Å². The molecule has 4 nitrogen and oxygen atoms in total. The van der Waals surface area contributed by atoms with E-state index < -0.39 is 0 Å². The highest BCUT2D eigenvalue weighted by Crippen LogP contribution is 2.70. The van der Waals surface area contributed by atoms with Crippen molar-refractivity contribution in [2.45, 2.75) is 98.2 Å². The van der Waals surface area contributed by atoms with Crippen LogP contribution in [0.15, 0.2) is 0 Å². The van der Waals surface area contributed by atoms with Gasteiger partial charge in [0.1, 0.15) is 12.9 Å². The second-order valence-corrected chi connectivity index (χ2v) is 12.9. The van der Waals surface area contributed by atoms with E-state index in [1.54, 1.807) is 7.11 Å². The lowest BCUT2D eigenvalue weighted by Crippen LogP contribution is -2.62. The molecule has 5 rings (SSSR count). The van der Waals surface area contributed by atoms with Crippen molar-refractivity contribution in [3.8, 4) is 0 Å². The fourth-order valence-corrected chi connectivity index (χ4v) is 10.3. The van der Waals surface area contributed by atoms with E-state index in [2.05, 4.69) is 34.6 Å². The molecule has 1 heterocycles. The molecule has 4 aliphatic carbocycles. The summed E-state index contributed by atoms with van der Waals surface area (Å²) < 4.78 is 18.2. The standard InChI is InChI=1S/C28H46O4/c1-7-18-20-12-16(2)8-10-27(20,4)19-9-11-28(5)21(24(19)26(18)31-15-30-6)14-22-25(28)17(3)13-23(29)32-22/h16-22,24-26H,7-15H2,1-6H3/t16-,17-,18-,19?,20+,21?,22+,24?,25+,26-,27-,28+/m1/s1. The Morgan fingerprint density at radius 1 is 1.03 bits per heavy atom. The molecule has 0 bridgehead atoms. The molecule has 0 radical (unpaired) electrons. The molecule has 0 N–H and O–H groups in total. The maximum atomic E-state index is 12.3. The van der Waals surface area contributed by atoms with Gasteiger partial charge in [0, 0.05) is 19.4 Å². The van der Waals surface area contributed by atoms with Crippen LogP contribution in [0.1, 0.15) is 86.0 Å². The molecule has 0 spiro atoms. The Kier molecular flexibility index (Phi) is 5.97. The summed E-state index contributed by atoms with van der Waals surface area (Å²) in [5.74, 6) is 4.99. The van der Waals surface area contributed by atoms with E-state index in [0.29, 0.717) is 54.1 Å². The molecule has 5 fully saturated rings. The van der Waals surface area contributed by atoms with Crippen molar-refractivity contribution < 1.29 is 19.0 Å². The molecule has 12 atom stereocenters. The third-order valence-electron chi connectivity index (χ3n) is 11.5. The van der Waals surface area contributed by atoms with Crippen LogP contribution in [-0.2, 0) is 19.0 Å². The molecule has 3 unspecified atom stereocenters. The fourth-order valence-electron chi connectivity index (χ4n) is 10.3. The van der Waals surface area contributed by atoms with Gasteiger partial charge in [0.2, 0.25) is 0 Å². The number of methoxy groups -OCH3 is 1. The van der Waals surface area contributed by atoms with E-state index in [1.807, 2.05) is 0 Å². The van der Waals surface area contributed by atoms with Crippen LogP contribution >= 0.6 is 0 Å². The molecule has 4 heteroatoms. The van der Waals surface area contributed by atoms with Gasteiger partial charge in [-0.1, -0.05) is 47.5 Å². The molecular formula is C28H46O4. The summed E-state index contributed by atoms with van der Waals surface area (Å²) in [5, 5.41) is 0. The fraction of sp³-hybridized carbons (Fsp3) is 0.964. The number of rotatable bonds is 4. The third-order valence-corrected chi connectivity index (χ3v) is 11.5.